The lowest BCUT2D eigenvalue weighted by molar-refractivity contribution is -0.120. The van der Waals surface area contributed by atoms with E-state index in [-0.39, 0.29) is 5.91 Å². The standard InChI is InChI=1S/C21H23N3OS2/c1-14-6-9-16(10-7-14)26-13-12-19(25)23-24-21-22-20-17-5-3-2-4-15(17)8-11-18(20)27-21/h6-11H,2-5,12-13H2,1H3,(H,22,24)(H,23,25). The number of hydrazine groups is 1. The van der Waals surface area contributed by atoms with E-state index in [0.717, 1.165) is 29.2 Å². The zero-order valence-electron chi connectivity index (χ0n) is 15.4. The van der Waals surface area contributed by atoms with Crippen molar-refractivity contribution in [2.24, 2.45) is 0 Å². The summed E-state index contributed by atoms with van der Waals surface area (Å²) in [6.45, 7) is 2.07. The molecule has 27 heavy (non-hydrogen) atoms. The van der Waals surface area contributed by atoms with Crippen molar-refractivity contribution in [2.75, 3.05) is 11.2 Å². The fraction of sp³-hybridized carbons (Fsp3) is 0.333. The zero-order valence-corrected chi connectivity index (χ0v) is 17.0. The van der Waals surface area contributed by atoms with Gasteiger partial charge in [-0.15, -0.1) is 11.8 Å². The van der Waals surface area contributed by atoms with Gasteiger partial charge in [0.1, 0.15) is 0 Å². The lowest BCUT2D eigenvalue weighted by atomic mass is 9.91. The van der Waals surface area contributed by atoms with Gasteiger partial charge in [0.2, 0.25) is 11.0 Å². The molecule has 3 aromatic rings. The van der Waals surface area contributed by atoms with E-state index in [9.17, 15) is 4.79 Å². The molecule has 0 radical (unpaired) electrons. The summed E-state index contributed by atoms with van der Waals surface area (Å²) in [5, 5.41) is 0.753. The summed E-state index contributed by atoms with van der Waals surface area (Å²) in [6.07, 6.45) is 5.23. The second-order valence-corrected chi connectivity index (χ2v) is 9.06. The third-order valence-electron chi connectivity index (χ3n) is 4.81. The molecule has 1 aliphatic rings. The second kappa shape index (κ2) is 8.31. The summed E-state index contributed by atoms with van der Waals surface area (Å²) in [5.41, 5.74) is 11.0. The molecule has 1 aromatic heterocycles. The fourth-order valence-corrected chi connectivity index (χ4v) is 5.06. The van der Waals surface area contributed by atoms with Crippen molar-refractivity contribution in [1.82, 2.24) is 10.4 Å². The number of hydrogen-bond acceptors (Lipinski definition) is 5. The van der Waals surface area contributed by atoms with Gasteiger partial charge < -0.3 is 0 Å². The molecule has 140 valence electrons. The summed E-state index contributed by atoms with van der Waals surface area (Å²) in [4.78, 5) is 18.0. The van der Waals surface area contributed by atoms with Gasteiger partial charge in [-0.1, -0.05) is 35.1 Å². The van der Waals surface area contributed by atoms with Gasteiger partial charge in [-0.3, -0.25) is 15.6 Å². The van der Waals surface area contributed by atoms with Crippen molar-refractivity contribution in [3.05, 3.63) is 53.1 Å². The molecule has 0 bridgehead atoms. The van der Waals surface area contributed by atoms with E-state index in [1.807, 2.05) is 0 Å². The Labute approximate surface area is 167 Å². The molecule has 0 unspecified atom stereocenters. The van der Waals surface area contributed by atoms with Crippen LogP contribution in [0.2, 0.25) is 0 Å². The Kier molecular flexibility index (Phi) is 5.64. The first-order valence-corrected chi connectivity index (χ1v) is 11.1. The third-order valence-corrected chi connectivity index (χ3v) is 6.76. The quantitative estimate of drug-likeness (QED) is 0.448. The monoisotopic (exact) mass is 397 g/mol. The van der Waals surface area contributed by atoms with Gasteiger partial charge in [-0.2, -0.15) is 0 Å². The van der Waals surface area contributed by atoms with E-state index in [1.54, 1.807) is 23.1 Å². The minimum atomic E-state index is -0.0177. The highest BCUT2D eigenvalue weighted by Crippen LogP contribution is 2.33. The molecule has 0 spiro atoms. The average molecular weight is 398 g/mol. The number of aromatic nitrogens is 1. The van der Waals surface area contributed by atoms with Crippen LogP contribution in [0.4, 0.5) is 5.13 Å². The number of rotatable bonds is 6. The highest BCUT2D eigenvalue weighted by molar-refractivity contribution is 7.99. The van der Waals surface area contributed by atoms with E-state index in [1.165, 1.54) is 39.1 Å². The topological polar surface area (TPSA) is 54.0 Å². The highest BCUT2D eigenvalue weighted by atomic mass is 32.2. The van der Waals surface area contributed by atoms with Crippen LogP contribution in [0.1, 0.15) is 36.0 Å². The Morgan fingerprint density at radius 1 is 1.15 bits per heavy atom. The number of thioether (sulfide) groups is 1. The van der Waals surface area contributed by atoms with Gasteiger partial charge in [0.05, 0.1) is 10.2 Å². The minimum Gasteiger partial charge on any atom is -0.273 e. The van der Waals surface area contributed by atoms with Crippen molar-refractivity contribution in [2.45, 2.75) is 43.9 Å². The van der Waals surface area contributed by atoms with Crippen LogP contribution in [0.15, 0.2) is 41.3 Å². The molecule has 6 heteroatoms. The number of aryl methyl sites for hydroxylation is 3. The van der Waals surface area contributed by atoms with E-state index >= 15 is 0 Å². The number of nitrogens with zero attached hydrogens (tertiary/aromatic N) is 1. The number of carbonyl (C=O) groups is 1. The molecule has 0 aliphatic heterocycles. The Balaban J connectivity index is 1.30. The Morgan fingerprint density at radius 3 is 2.81 bits per heavy atom. The van der Waals surface area contributed by atoms with E-state index in [2.05, 4.69) is 54.2 Å². The number of benzene rings is 2. The number of fused-ring (bicyclic) bond motifs is 3. The highest BCUT2D eigenvalue weighted by Gasteiger charge is 2.15. The molecular formula is C21H23N3OS2. The Hall–Kier alpha value is -2.05. The first-order chi connectivity index (χ1) is 13.2. The van der Waals surface area contributed by atoms with Gasteiger partial charge >= 0.3 is 0 Å². The van der Waals surface area contributed by atoms with E-state index in [4.69, 9.17) is 4.98 Å². The smallest absolute Gasteiger partial charge is 0.239 e. The molecular weight excluding hydrogens is 374 g/mol. The van der Waals surface area contributed by atoms with Crippen molar-refractivity contribution >= 4 is 44.4 Å². The van der Waals surface area contributed by atoms with Crippen LogP contribution in [0.3, 0.4) is 0 Å². The maximum atomic E-state index is 12.1. The predicted molar refractivity (Wildman–Crippen MR) is 115 cm³/mol. The van der Waals surface area contributed by atoms with Crippen LogP contribution in [-0.2, 0) is 17.6 Å². The van der Waals surface area contributed by atoms with Crippen molar-refractivity contribution in [3.8, 4) is 0 Å². The van der Waals surface area contributed by atoms with Gasteiger partial charge in [0.25, 0.3) is 0 Å². The lowest BCUT2D eigenvalue weighted by Gasteiger charge is -2.15. The number of anilines is 1. The molecule has 1 amide bonds. The minimum absolute atomic E-state index is 0.0177. The Bertz CT molecular complexity index is 950. The summed E-state index contributed by atoms with van der Waals surface area (Å²) in [7, 11) is 0. The van der Waals surface area contributed by atoms with Crippen LogP contribution < -0.4 is 10.9 Å². The van der Waals surface area contributed by atoms with Crippen LogP contribution in [0.25, 0.3) is 10.2 Å². The van der Waals surface area contributed by atoms with Gasteiger partial charge in [0, 0.05) is 17.1 Å². The zero-order chi connectivity index (χ0) is 18.6. The largest absolute Gasteiger partial charge is 0.273 e. The SMILES string of the molecule is Cc1ccc(SCCC(=O)NNc2nc3c4c(ccc3s2)CCCC4)cc1. The van der Waals surface area contributed by atoms with Gasteiger partial charge in [0.15, 0.2) is 0 Å². The molecule has 2 N–H and O–H groups in total. The average Bonchev–Trinajstić information content (AvgIpc) is 3.12. The van der Waals surface area contributed by atoms with E-state index < -0.39 is 0 Å². The molecule has 0 saturated heterocycles. The molecule has 1 aliphatic carbocycles. The fourth-order valence-electron chi connectivity index (χ4n) is 3.36. The summed E-state index contributed by atoms with van der Waals surface area (Å²) in [5.74, 6) is 0.736. The van der Waals surface area contributed by atoms with Crippen molar-refractivity contribution in [1.29, 1.82) is 0 Å². The first-order valence-electron chi connectivity index (χ1n) is 9.35. The normalized spacial score (nSPS) is 13.4. The van der Waals surface area contributed by atoms with Crippen LogP contribution in [0, 0.1) is 6.92 Å². The lowest BCUT2D eigenvalue weighted by Crippen LogP contribution is -2.29. The maximum Gasteiger partial charge on any atom is 0.239 e. The van der Waals surface area contributed by atoms with Crippen LogP contribution >= 0.6 is 23.1 Å². The van der Waals surface area contributed by atoms with Crippen LogP contribution in [0.5, 0.6) is 0 Å². The van der Waals surface area contributed by atoms with E-state index in [0.29, 0.717) is 6.42 Å². The molecule has 1 heterocycles. The number of amides is 1. The van der Waals surface area contributed by atoms with Crippen molar-refractivity contribution < 1.29 is 4.79 Å². The first kappa shape index (κ1) is 18.3. The predicted octanol–water partition coefficient (Wildman–Crippen LogP) is 5.11. The van der Waals surface area contributed by atoms with Gasteiger partial charge in [-0.25, -0.2) is 4.98 Å². The number of thiazole rings is 1. The number of carbonyl (C=O) groups excluding carboxylic acids is 1. The number of hydrogen-bond donors (Lipinski definition) is 2. The number of nitrogens with one attached hydrogen (secondary N) is 2. The van der Waals surface area contributed by atoms with Gasteiger partial charge in [-0.05, 0) is 61.9 Å². The Morgan fingerprint density at radius 2 is 1.96 bits per heavy atom. The summed E-state index contributed by atoms with van der Waals surface area (Å²) >= 11 is 3.29. The van der Waals surface area contributed by atoms with Crippen LogP contribution in [-0.4, -0.2) is 16.6 Å². The van der Waals surface area contributed by atoms with Crippen molar-refractivity contribution in [3.63, 3.8) is 0 Å². The summed E-state index contributed by atoms with van der Waals surface area (Å²) in [6, 6.07) is 12.8. The maximum absolute atomic E-state index is 12.1. The molecule has 4 rings (SSSR count). The molecule has 0 fully saturated rings. The molecule has 2 aromatic carbocycles. The second-order valence-electron chi connectivity index (χ2n) is 6.86. The molecule has 0 saturated carbocycles. The summed E-state index contributed by atoms with van der Waals surface area (Å²) < 4.78 is 1.18. The molecule has 0 atom stereocenters. The third kappa shape index (κ3) is 4.45. The molecule has 4 nitrogen and oxygen atoms in total.